The SMILES string of the molecule is C[C@@H]1C[C@H](N)CN(c2ccncc2NC(=O)c2ccc(F)c(-c3c(F)cc(N4CCC(=O)CC4)cc3F)c2F)C1.Cl.Cl. The van der Waals surface area contributed by atoms with E-state index in [1.54, 1.807) is 17.2 Å². The van der Waals surface area contributed by atoms with E-state index in [4.69, 9.17) is 5.73 Å². The number of halogens is 6. The van der Waals surface area contributed by atoms with Crippen molar-refractivity contribution in [3.05, 3.63) is 71.6 Å². The Balaban J connectivity index is 0.00000242. The average Bonchev–Trinajstić information content (AvgIpc) is 2.90. The molecule has 1 amide bonds. The van der Waals surface area contributed by atoms with Crippen LogP contribution in [0, 0.1) is 29.2 Å². The molecule has 2 saturated heterocycles. The molecule has 0 radical (unpaired) electrons. The molecule has 0 aliphatic carbocycles. The number of carbonyl (C=O) groups excluding carboxylic acids is 2. The lowest BCUT2D eigenvalue weighted by Crippen LogP contribution is -2.46. The molecule has 5 rings (SSSR count). The second-order valence-electron chi connectivity index (χ2n) is 10.4. The summed E-state index contributed by atoms with van der Waals surface area (Å²) in [7, 11) is 0. The summed E-state index contributed by atoms with van der Waals surface area (Å²) in [5, 5.41) is 2.61. The molecule has 2 atom stereocenters. The van der Waals surface area contributed by atoms with Crippen LogP contribution < -0.4 is 20.9 Å². The quantitative estimate of drug-likeness (QED) is 0.350. The largest absolute Gasteiger partial charge is 0.370 e. The van der Waals surface area contributed by atoms with E-state index in [-0.39, 0.29) is 68.3 Å². The van der Waals surface area contributed by atoms with E-state index in [0.29, 0.717) is 30.4 Å². The van der Waals surface area contributed by atoms with Crippen molar-refractivity contribution in [2.45, 2.75) is 32.2 Å². The van der Waals surface area contributed by atoms with Gasteiger partial charge in [-0.05, 0) is 42.7 Å². The first-order chi connectivity index (χ1) is 19.1. The maximum absolute atomic E-state index is 15.7. The Kier molecular flexibility index (Phi) is 10.8. The number of rotatable bonds is 5. The van der Waals surface area contributed by atoms with Crippen LogP contribution in [-0.2, 0) is 4.79 Å². The van der Waals surface area contributed by atoms with Gasteiger partial charge in [0.2, 0.25) is 0 Å². The van der Waals surface area contributed by atoms with E-state index >= 15 is 13.2 Å². The lowest BCUT2D eigenvalue weighted by Gasteiger charge is -2.37. The van der Waals surface area contributed by atoms with E-state index in [9.17, 15) is 14.0 Å². The van der Waals surface area contributed by atoms with Crippen molar-refractivity contribution < 1.29 is 27.2 Å². The number of nitrogens with zero attached hydrogens (tertiary/aromatic N) is 3. The Bertz CT molecular complexity index is 1430. The molecule has 3 heterocycles. The highest BCUT2D eigenvalue weighted by Gasteiger charge is 2.28. The van der Waals surface area contributed by atoms with Crippen LogP contribution in [0.3, 0.4) is 0 Å². The monoisotopic (exact) mass is 627 g/mol. The topological polar surface area (TPSA) is 91.6 Å². The predicted molar refractivity (Wildman–Crippen MR) is 159 cm³/mol. The third-order valence-corrected chi connectivity index (χ3v) is 7.38. The van der Waals surface area contributed by atoms with Crippen LogP contribution >= 0.6 is 24.8 Å². The number of nitrogens with one attached hydrogen (secondary N) is 1. The van der Waals surface area contributed by atoms with Gasteiger partial charge in [0.05, 0.1) is 34.3 Å². The Labute approximate surface area is 253 Å². The summed E-state index contributed by atoms with van der Waals surface area (Å²) in [6.45, 7) is 3.88. The molecular weight excluding hydrogens is 597 g/mol. The molecule has 1 aromatic heterocycles. The molecular formula is C29H31Cl2F4N5O2. The smallest absolute Gasteiger partial charge is 0.258 e. The summed E-state index contributed by atoms with van der Waals surface area (Å²) in [6.07, 6.45) is 4.32. The van der Waals surface area contributed by atoms with Crippen molar-refractivity contribution in [3.63, 3.8) is 0 Å². The fraction of sp³-hybridized carbons (Fsp3) is 0.345. The zero-order chi connectivity index (χ0) is 28.6. The predicted octanol–water partition coefficient (Wildman–Crippen LogP) is 5.74. The third kappa shape index (κ3) is 6.79. The molecule has 0 spiro atoms. The second kappa shape index (κ2) is 13.7. The van der Waals surface area contributed by atoms with Gasteiger partial charge in [0.25, 0.3) is 5.91 Å². The first kappa shape index (κ1) is 33.1. The van der Waals surface area contributed by atoms with Crippen molar-refractivity contribution in [2.24, 2.45) is 11.7 Å². The van der Waals surface area contributed by atoms with E-state index in [1.165, 1.54) is 6.20 Å². The molecule has 3 N–H and O–H groups in total. The molecule has 42 heavy (non-hydrogen) atoms. The number of Topliss-reactive ketones (excluding diaryl/α,β-unsaturated/α-hetero) is 1. The fourth-order valence-corrected chi connectivity index (χ4v) is 5.50. The lowest BCUT2D eigenvalue weighted by atomic mass is 9.96. The highest BCUT2D eigenvalue weighted by atomic mass is 35.5. The van der Waals surface area contributed by atoms with Gasteiger partial charge in [-0.1, -0.05) is 6.92 Å². The number of nitrogens with two attached hydrogens (primary N) is 1. The van der Waals surface area contributed by atoms with Crippen LogP contribution in [0.2, 0.25) is 0 Å². The summed E-state index contributed by atoms with van der Waals surface area (Å²) in [5.74, 6) is -5.56. The summed E-state index contributed by atoms with van der Waals surface area (Å²) < 4.78 is 60.9. The van der Waals surface area contributed by atoms with Crippen molar-refractivity contribution in [2.75, 3.05) is 41.3 Å². The number of hydrogen-bond acceptors (Lipinski definition) is 6. The number of carbonyl (C=O) groups is 2. The van der Waals surface area contributed by atoms with Crippen LogP contribution in [0.4, 0.5) is 34.6 Å². The normalized spacial score (nSPS) is 18.7. The van der Waals surface area contributed by atoms with Gasteiger partial charge in [-0.3, -0.25) is 14.6 Å². The Morgan fingerprint density at radius 3 is 2.26 bits per heavy atom. The van der Waals surface area contributed by atoms with Crippen LogP contribution in [0.5, 0.6) is 0 Å². The molecule has 7 nitrogen and oxygen atoms in total. The maximum atomic E-state index is 15.7. The number of pyridine rings is 1. The third-order valence-electron chi connectivity index (χ3n) is 7.38. The molecule has 2 aromatic carbocycles. The fourth-order valence-electron chi connectivity index (χ4n) is 5.50. The minimum Gasteiger partial charge on any atom is -0.370 e. The zero-order valence-corrected chi connectivity index (χ0v) is 24.3. The number of piperidine rings is 2. The molecule has 226 valence electrons. The minimum absolute atomic E-state index is 0. The number of hydrogen-bond donors (Lipinski definition) is 2. The Hall–Kier alpha value is -3.41. The minimum atomic E-state index is -1.40. The van der Waals surface area contributed by atoms with Crippen molar-refractivity contribution in [1.82, 2.24) is 4.98 Å². The van der Waals surface area contributed by atoms with Crippen LogP contribution in [0.1, 0.15) is 36.5 Å². The van der Waals surface area contributed by atoms with E-state index in [1.807, 2.05) is 4.90 Å². The first-order valence-electron chi connectivity index (χ1n) is 13.1. The Morgan fingerprint density at radius 2 is 1.62 bits per heavy atom. The first-order valence-corrected chi connectivity index (χ1v) is 13.1. The van der Waals surface area contributed by atoms with Crippen LogP contribution in [0.15, 0.2) is 42.7 Å². The van der Waals surface area contributed by atoms with E-state index < -0.39 is 45.9 Å². The van der Waals surface area contributed by atoms with Gasteiger partial charge >= 0.3 is 0 Å². The van der Waals surface area contributed by atoms with E-state index in [0.717, 1.165) is 30.7 Å². The summed E-state index contributed by atoms with van der Waals surface area (Å²) in [4.78, 5) is 32.4. The lowest BCUT2D eigenvalue weighted by molar-refractivity contribution is -0.119. The van der Waals surface area contributed by atoms with Gasteiger partial charge < -0.3 is 20.9 Å². The number of amides is 1. The molecule has 0 unspecified atom stereocenters. The molecule has 0 bridgehead atoms. The summed E-state index contributed by atoms with van der Waals surface area (Å²) in [5.41, 5.74) is 4.78. The van der Waals surface area contributed by atoms with Gasteiger partial charge in [-0.25, -0.2) is 17.6 Å². The summed E-state index contributed by atoms with van der Waals surface area (Å²) in [6, 6.07) is 5.32. The number of benzene rings is 2. The molecule has 2 fully saturated rings. The standard InChI is InChI=1S/C29H29F4N5O2.2ClH/c1-16-10-17(34)15-38(14-16)25-4-7-35-13-24(25)36-29(40)20-2-3-21(30)27(28(20)33)26-22(31)11-18(12-23(26)32)37-8-5-19(39)6-9-37;;/h2-4,7,11-13,16-17H,5-6,8-10,14-15,34H2,1H3,(H,36,40);2*1H/t16-,17+;;/m1../s1. The molecule has 13 heteroatoms. The van der Waals surface area contributed by atoms with E-state index in [2.05, 4.69) is 17.2 Å². The number of ketones is 1. The molecule has 3 aromatic rings. The van der Waals surface area contributed by atoms with Crippen LogP contribution in [0.25, 0.3) is 11.1 Å². The maximum Gasteiger partial charge on any atom is 0.258 e. The van der Waals surface area contributed by atoms with Gasteiger partial charge in [0, 0.05) is 56.9 Å². The molecule has 0 saturated carbocycles. The Morgan fingerprint density at radius 1 is 0.952 bits per heavy atom. The number of aromatic nitrogens is 1. The van der Waals surface area contributed by atoms with Gasteiger partial charge in [0.15, 0.2) is 0 Å². The van der Waals surface area contributed by atoms with Gasteiger partial charge in [-0.15, -0.1) is 24.8 Å². The second-order valence-corrected chi connectivity index (χ2v) is 10.4. The highest BCUT2D eigenvalue weighted by Crippen LogP contribution is 2.36. The van der Waals surface area contributed by atoms with Gasteiger partial charge in [-0.2, -0.15) is 0 Å². The zero-order valence-electron chi connectivity index (χ0n) is 22.7. The van der Waals surface area contributed by atoms with Crippen LogP contribution in [-0.4, -0.2) is 48.9 Å². The average molecular weight is 628 g/mol. The highest BCUT2D eigenvalue weighted by molar-refractivity contribution is 6.06. The van der Waals surface area contributed by atoms with Crippen molar-refractivity contribution in [1.29, 1.82) is 0 Å². The number of anilines is 3. The van der Waals surface area contributed by atoms with Gasteiger partial charge in [0.1, 0.15) is 29.1 Å². The summed E-state index contributed by atoms with van der Waals surface area (Å²) >= 11 is 0. The van der Waals surface area contributed by atoms with Crippen molar-refractivity contribution in [3.8, 4) is 11.1 Å². The molecule has 2 aliphatic heterocycles. The molecule has 2 aliphatic rings. The van der Waals surface area contributed by atoms with Crippen molar-refractivity contribution >= 4 is 53.6 Å².